The van der Waals surface area contributed by atoms with Crippen molar-refractivity contribution >= 4 is 5.91 Å². The third-order valence-electron chi connectivity index (χ3n) is 4.83. The van der Waals surface area contributed by atoms with E-state index in [1.54, 1.807) is 0 Å². The number of nitrogens with one attached hydrogen (secondary N) is 2. The Bertz CT molecular complexity index is 494. The maximum absolute atomic E-state index is 11.9. The van der Waals surface area contributed by atoms with Gasteiger partial charge in [0, 0.05) is 18.8 Å². The van der Waals surface area contributed by atoms with E-state index >= 15 is 0 Å². The maximum atomic E-state index is 11.9. The number of carbonyl (C=O) groups excluding carboxylic acids is 1. The molecule has 0 unspecified atom stereocenters. The molecular weight excluding hydrogens is 228 g/mol. The molecule has 1 heterocycles. The van der Waals surface area contributed by atoms with Gasteiger partial charge in [0.05, 0.1) is 5.56 Å². The summed E-state index contributed by atoms with van der Waals surface area (Å²) in [5.74, 6) is 0.362. The first-order valence-corrected chi connectivity index (χ1v) is 6.24. The molecule has 4 nitrogen and oxygen atoms in total. The summed E-state index contributed by atoms with van der Waals surface area (Å²) in [5.41, 5.74) is 0.832. The standard InChI is InChI=1S/C14H20N2O2/c1-13(2)10(14(13,3)4)8-16-12(18)9-5-6-11(17)15-7-9/h5-7,10H,8H2,1-4H3,(H,15,17)(H,16,18). The van der Waals surface area contributed by atoms with E-state index in [1.165, 1.54) is 18.3 Å². The molecule has 0 saturated heterocycles. The minimum Gasteiger partial charge on any atom is -0.352 e. The molecule has 0 atom stereocenters. The second-order valence-corrected chi connectivity index (χ2v) is 6.15. The lowest BCUT2D eigenvalue weighted by Gasteiger charge is -2.06. The average molecular weight is 248 g/mol. The zero-order valence-electron chi connectivity index (χ0n) is 11.3. The number of carbonyl (C=O) groups is 1. The first kappa shape index (κ1) is 12.9. The van der Waals surface area contributed by atoms with E-state index in [0.717, 1.165) is 0 Å². The Morgan fingerprint density at radius 2 is 1.89 bits per heavy atom. The molecule has 1 fully saturated rings. The molecule has 1 aliphatic carbocycles. The fourth-order valence-corrected chi connectivity index (χ4v) is 2.69. The van der Waals surface area contributed by atoms with Crippen LogP contribution in [0.5, 0.6) is 0 Å². The van der Waals surface area contributed by atoms with Crippen LogP contribution in [0.1, 0.15) is 38.1 Å². The van der Waals surface area contributed by atoms with Gasteiger partial charge in [-0.2, -0.15) is 0 Å². The number of hydrogen-bond donors (Lipinski definition) is 2. The third-order valence-corrected chi connectivity index (χ3v) is 4.83. The molecule has 1 saturated carbocycles. The van der Waals surface area contributed by atoms with E-state index < -0.39 is 0 Å². The van der Waals surface area contributed by atoms with E-state index in [1.807, 2.05) is 0 Å². The van der Waals surface area contributed by atoms with E-state index in [4.69, 9.17) is 0 Å². The van der Waals surface area contributed by atoms with E-state index in [0.29, 0.717) is 18.0 Å². The second kappa shape index (κ2) is 3.97. The Kier molecular flexibility index (Phi) is 2.84. The van der Waals surface area contributed by atoms with Crippen LogP contribution in [-0.4, -0.2) is 17.4 Å². The number of hydrogen-bond acceptors (Lipinski definition) is 2. The smallest absolute Gasteiger partial charge is 0.252 e. The van der Waals surface area contributed by atoms with Crippen LogP contribution in [0.4, 0.5) is 0 Å². The average Bonchev–Trinajstić information content (AvgIpc) is 2.67. The van der Waals surface area contributed by atoms with Crippen molar-refractivity contribution in [1.29, 1.82) is 0 Å². The highest BCUT2D eigenvalue weighted by molar-refractivity contribution is 5.93. The Morgan fingerprint density at radius 3 is 2.33 bits per heavy atom. The highest BCUT2D eigenvalue weighted by Gasteiger charge is 2.64. The molecule has 4 heteroatoms. The van der Waals surface area contributed by atoms with Crippen LogP contribution in [0.25, 0.3) is 0 Å². The molecule has 2 N–H and O–H groups in total. The number of amides is 1. The third kappa shape index (κ3) is 1.96. The zero-order valence-corrected chi connectivity index (χ0v) is 11.3. The second-order valence-electron chi connectivity index (χ2n) is 6.15. The number of H-pyrrole nitrogens is 1. The van der Waals surface area contributed by atoms with Crippen molar-refractivity contribution < 1.29 is 4.79 Å². The SMILES string of the molecule is CC1(C)C(CNC(=O)c2ccc(=O)[nH]c2)C1(C)C. The van der Waals surface area contributed by atoms with Gasteiger partial charge in [-0.05, 0) is 22.8 Å². The van der Waals surface area contributed by atoms with Crippen molar-refractivity contribution in [3.63, 3.8) is 0 Å². The molecule has 0 aliphatic heterocycles. The Balaban J connectivity index is 1.94. The summed E-state index contributed by atoms with van der Waals surface area (Å²) in [6.45, 7) is 9.58. The lowest BCUT2D eigenvalue weighted by atomic mass is 10.0. The summed E-state index contributed by atoms with van der Waals surface area (Å²) in [6, 6.07) is 2.90. The largest absolute Gasteiger partial charge is 0.352 e. The van der Waals surface area contributed by atoms with Crippen molar-refractivity contribution in [2.24, 2.45) is 16.7 Å². The van der Waals surface area contributed by atoms with Crippen molar-refractivity contribution in [3.05, 3.63) is 34.2 Å². The number of aromatic nitrogens is 1. The van der Waals surface area contributed by atoms with Gasteiger partial charge in [-0.15, -0.1) is 0 Å². The van der Waals surface area contributed by atoms with E-state index in [2.05, 4.69) is 38.0 Å². The van der Waals surface area contributed by atoms with Crippen LogP contribution in [0.15, 0.2) is 23.1 Å². The van der Waals surface area contributed by atoms with Crippen molar-refractivity contribution in [2.75, 3.05) is 6.54 Å². The Hall–Kier alpha value is -1.58. The van der Waals surface area contributed by atoms with Crippen molar-refractivity contribution in [3.8, 4) is 0 Å². The van der Waals surface area contributed by atoms with E-state index in [-0.39, 0.29) is 22.3 Å². The molecule has 0 spiro atoms. The Morgan fingerprint density at radius 1 is 1.28 bits per heavy atom. The zero-order chi connectivity index (χ0) is 13.6. The number of aromatic amines is 1. The minimum atomic E-state index is -0.198. The monoisotopic (exact) mass is 248 g/mol. The quantitative estimate of drug-likeness (QED) is 0.856. The van der Waals surface area contributed by atoms with Gasteiger partial charge in [-0.1, -0.05) is 27.7 Å². The molecule has 1 aliphatic rings. The minimum absolute atomic E-state index is 0.134. The molecular formula is C14H20N2O2. The summed E-state index contributed by atoms with van der Waals surface area (Å²) >= 11 is 0. The molecule has 1 amide bonds. The van der Waals surface area contributed by atoms with Crippen molar-refractivity contribution in [1.82, 2.24) is 10.3 Å². The normalized spacial score (nSPS) is 20.4. The van der Waals surface area contributed by atoms with Crippen LogP contribution in [0.3, 0.4) is 0 Å². The van der Waals surface area contributed by atoms with Gasteiger partial charge in [0.15, 0.2) is 0 Å². The van der Waals surface area contributed by atoms with Gasteiger partial charge in [0.25, 0.3) is 5.91 Å². The fraction of sp³-hybridized carbons (Fsp3) is 0.571. The molecule has 2 rings (SSSR count). The predicted octanol–water partition coefficient (Wildman–Crippen LogP) is 1.79. The first-order chi connectivity index (χ1) is 8.26. The highest BCUT2D eigenvalue weighted by Crippen LogP contribution is 2.67. The molecule has 98 valence electrons. The molecule has 0 radical (unpaired) electrons. The molecule has 0 bridgehead atoms. The maximum Gasteiger partial charge on any atom is 0.252 e. The summed E-state index contributed by atoms with van der Waals surface area (Å²) < 4.78 is 0. The highest BCUT2D eigenvalue weighted by atomic mass is 16.1. The van der Waals surface area contributed by atoms with Crippen LogP contribution in [0.2, 0.25) is 0 Å². The van der Waals surface area contributed by atoms with Gasteiger partial charge >= 0.3 is 0 Å². The summed E-state index contributed by atoms with van der Waals surface area (Å²) in [5, 5.41) is 2.93. The van der Waals surface area contributed by atoms with Gasteiger partial charge in [0.2, 0.25) is 5.56 Å². The molecule has 0 aromatic carbocycles. The summed E-state index contributed by atoms with van der Waals surface area (Å²) in [7, 11) is 0. The van der Waals surface area contributed by atoms with Crippen LogP contribution >= 0.6 is 0 Å². The summed E-state index contributed by atoms with van der Waals surface area (Å²) in [6.07, 6.45) is 1.45. The Labute approximate surface area is 107 Å². The number of pyridine rings is 1. The lowest BCUT2D eigenvalue weighted by molar-refractivity contribution is 0.0949. The predicted molar refractivity (Wildman–Crippen MR) is 70.4 cm³/mol. The van der Waals surface area contributed by atoms with Gasteiger partial charge in [-0.3, -0.25) is 9.59 Å². The van der Waals surface area contributed by atoms with Gasteiger partial charge < -0.3 is 10.3 Å². The fourth-order valence-electron chi connectivity index (χ4n) is 2.69. The molecule has 1 aromatic rings. The molecule has 18 heavy (non-hydrogen) atoms. The van der Waals surface area contributed by atoms with Gasteiger partial charge in [-0.25, -0.2) is 0 Å². The summed E-state index contributed by atoms with van der Waals surface area (Å²) in [4.78, 5) is 25.3. The topological polar surface area (TPSA) is 62.0 Å². The van der Waals surface area contributed by atoms with Crippen molar-refractivity contribution in [2.45, 2.75) is 27.7 Å². The lowest BCUT2D eigenvalue weighted by Crippen LogP contribution is -2.27. The van der Waals surface area contributed by atoms with E-state index in [9.17, 15) is 9.59 Å². The number of rotatable bonds is 3. The van der Waals surface area contributed by atoms with Crippen LogP contribution in [0, 0.1) is 16.7 Å². The van der Waals surface area contributed by atoms with Gasteiger partial charge in [0.1, 0.15) is 0 Å². The first-order valence-electron chi connectivity index (χ1n) is 6.24. The van der Waals surface area contributed by atoms with Crippen LogP contribution in [-0.2, 0) is 0 Å². The molecule has 1 aromatic heterocycles. The van der Waals surface area contributed by atoms with Crippen LogP contribution < -0.4 is 10.9 Å².